The molecule has 0 aromatic heterocycles. The summed E-state index contributed by atoms with van der Waals surface area (Å²) >= 11 is 0. The van der Waals surface area contributed by atoms with Crippen LogP contribution in [0.2, 0.25) is 0 Å². The minimum atomic E-state index is -3.07. The zero-order valence-electron chi connectivity index (χ0n) is 16.7. The monoisotopic (exact) mass is 424 g/mol. The fourth-order valence-electron chi connectivity index (χ4n) is 3.59. The van der Waals surface area contributed by atoms with Gasteiger partial charge in [0.25, 0.3) is 11.8 Å². The normalized spacial score (nSPS) is 20.9. The summed E-state index contributed by atoms with van der Waals surface area (Å²) in [7, 11) is -3.07. The van der Waals surface area contributed by atoms with E-state index in [-0.39, 0.29) is 36.0 Å². The molecule has 0 spiro atoms. The number of piperidine rings is 1. The van der Waals surface area contributed by atoms with Gasteiger partial charge in [0, 0.05) is 24.7 Å². The molecular formula is C20H28N2O6S. The summed E-state index contributed by atoms with van der Waals surface area (Å²) in [6.07, 6.45) is 3.60. The van der Waals surface area contributed by atoms with Crippen LogP contribution in [0.25, 0.3) is 0 Å². The van der Waals surface area contributed by atoms with Gasteiger partial charge in [0.15, 0.2) is 27.9 Å². The van der Waals surface area contributed by atoms with Crippen LogP contribution in [0, 0.1) is 0 Å². The average Bonchev–Trinajstić information content (AvgIpc) is 3.05. The summed E-state index contributed by atoms with van der Waals surface area (Å²) in [6, 6.07) is 4.38. The van der Waals surface area contributed by atoms with E-state index in [1.54, 1.807) is 23.1 Å². The van der Waals surface area contributed by atoms with Crippen molar-refractivity contribution in [2.45, 2.75) is 38.6 Å². The summed E-state index contributed by atoms with van der Waals surface area (Å²) in [5, 5.41) is 2.76. The predicted octanol–water partition coefficient (Wildman–Crippen LogP) is 1.39. The quantitative estimate of drug-likeness (QED) is 0.710. The Morgan fingerprint density at radius 1 is 1.14 bits per heavy atom. The van der Waals surface area contributed by atoms with Crippen molar-refractivity contribution < 1.29 is 27.5 Å². The van der Waals surface area contributed by atoms with Crippen molar-refractivity contribution in [2.24, 2.45) is 0 Å². The van der Waals surface area contributed by atoms with E-state index in [1.165, 1.54) is 0 Å². The second-order valence-corrected chi connectivity index (χ2v) is 9.63. The van der Waals surface area contributed by atoms with Crippen LogP contribution in [0.4, 0.5) is 0 Å². The molecule has 0 aliphatic carbocycles. The van der Waals surface area contributed by atoms with Gasteiger partial charge in [-0.1, -0.05) is 0 Å². The van der Waals surface area contributed by atoms with E-state index in [9.17, 15) is 18.0 Å². The lowest BCUT2D eigenvalue weighted by molar-refractivity contribution is -0.134. The van der Waals surface area contributed by atoms with Crippen molar-refractivity contribution in [3.63, 3.8) is 0 Å². The van der Waals surface area contributed by atoms with E-state index >= 15 is 0 Å². The van der Waals surface area contributed by atoms with Crippen molar-refractivity contribution in [3.05, 3.63) is 23.8 Å². The number of nitrogens with zero attached hydrogens (tertiary/aromatic N) is 1. The molecule has 0 saturated carbocycles. The van der Waals surface area contributed by atoms with E-state index in [2.05, 4.69) is 5.32 Å². The van der Waals surface area contributed by atoms with E-state index in [0.29, 0.717) is 30.1 Å². The highest BCUT2D eigenvalue weighted by molar-refractivity contribution is 7.91. The Morgan fingerprint density at radius 3 is 2.55 bits per heavy atom. The van der Waals surface area contributed by atoms with Crippen molar-refractivity contribution in [2.75, 3.05) is 37.8 Å². The van der Waals surface area contributed by atoms with E-state index < -0.39 is 9.84 Å². The van der Waals surface area contributed by atoms with Gasteiger partial charge in [0.1, 0.15) is 0 Å². The smallest absolute Gasteiger partial charge is 0.260 e. The number of hydrogen-bond donors (Lipinski definition) is 1. The standard InChI is InChI=1S/C20H28N2O6S/c1-2-27-18-12-15(20(24)21-16-8-11-29(25,26)14-16)6-7-17(18)28-13-19(23)22-9-4-3-5-10-22/h6-7,12,16H,2-5,8-11,13-14H2,1H3,(H,21,24). The maximum absolute atomic E-state index is 12.5. The number of amides is 2. The highest BCUT2D eigenvalue weighted by atomic mass is 32.2. The van der Waals surface area contributed by atoms with E-state index in [0.717, 1.165) is 32.4 Å². The molecule has 0 radical (unpaired) electrons. The van der Waals surface area contributed by atoms with Crippen LogP contribution in [-0.4, -0.2) is 69.0 Å². The number of hydrogen-bond acceptors (Lipinski definition) is 6. The van der Waals surface area contributed by atoms with Gasteiger partial charge in [-0.25, -0.2) is 8.42 Å². The first-order valence-electron chi connectivity index (χ1n) is 10.1. The number of carbonyl (C=O) groups excluding carboxylic acids is 2. The lowest BCUT2D eigenvalue weighted by Gasteiger charge is -2.26. The van der Waals surface area contributed by atoms with Crippen LogP contribution in [-0.2, 0) is 14.6 Å². The van der Waals surface area contributed by atoms with Gasteiger partial charge in [-0.15, -0.1) is 0 Å². The molecule has 1 atom stereocenters. The lowest BCUT2D eigenvalue weighted by Crippen LogP contribution is -2.38. The van der Waals surface area contributed by atoms with Gasteiger partial charge in [-0.3, -0.25) is 9.59 Å². The molecule has 8 nitrogen and oxygen atoms in total. The number of carbonyl (C=O) groups is 2. The Morgan fingerprint density at radius 2 is 1.90 bits per heavy atom. The maximum Gasteiger partial charge on any atom is 0.260 e. The van der Waals surface area contributed by atoms with Gasteiger partial charge in [-0.05, 0) is 50.8 Å². The number of benzene rings is 1. The Hall–Kier alpha value is -2.29. The largest absolute Gasteiger partial charge is 0.490 e. The molecule has 29 heavy (non-hydrogen) atoms. The number of likely N-dealkylation sites (tertiary alicyclic amines) is 1. The first-order valence-corrected chi connectivity index (χ1v) is 11.9. The van der Waals surface area contributed by atoms with Crippen LogP contribution in [0.5, 0.6) is 11.5 Å². The fourth-order valence-corrected chi connectivity index (χ4v) is 5.26. The molecule has 1 aromatic rings. The van der Waals surface area contributed by atoms with Gasteiger partial charge in [-0.2, -0.15) is 0 Å². The molecule has 2 saturated heterocycles. The van der Waals surface area contributed by atoms with Crippen molar-refractivity contribution >= 4 is 21.7 Å². The predicted molar refractivity (Wildman–Crippen MR) is 108 cm³/mol. The van der Waals surface area contributed by atoms with Crippen LogP contribution < -0.4 is 14.8 Å². The zero-order valence-corrected chi connectivity index (χ0v) is 17.5. The van der Waals surface area contributed by atoms with Crippen molar-refractivity contribution in [1.29, 1.82) is 0 Å². The highest BCUT2D eigenvalue weighted by Gasteiger charge is 2.29. The molecule has 3 rings (SSSR count). The number of rotatable bonds is 7. The molecular weight excluding hydrogens is 396 g/mol. The third-order valence-corrected chi connectivity index (χ3v) is 6.90. The van der Waals surface area contributed by atoms with E-state index in [4.69, 9.17) is 9.47 Å². The molecule has 2 amide bonds. The fraction of sp³-hybridized carbons (Fsp3) is 0.600. The van der Waals surface area contributed by atoms with Crippen molar-refractivity contribution in [3.8, 4) is 11.5 Å². The molecule has 160 valence electrons. The molecule has 1 unspecified atom stereocenters. The molecule has 9 heteroatoms. The Kier molecular flexibility index (Phi) is 7.00. The minimum absolute atomic E-state index is 0.0309. The second-order valence-electron chi connectivity index (χ2n) is 7.40. The molecule has 2 fully saturated rings. The number of nitrogens with one attached hydrogen (secondary N) is 1. The topological polar surface area (TPSA) is 102 Å². The Bertz CT molecular complexity index is 849. The summed E-state index contributed by atoms with van der Waals surface area (Å²) in [5.41, 5.74) is 0.354. The lowest BCUT2D eigenvalue weighted by atomic mass is 10.1. The van der Waals surface area contributed by atoms with Crippen LogP contribution in [0.15, 0.2) is 18.2 Å². The SMILES string of the molecule is CCOc1cc(C(=O)NC2CCS(=O)(=O)C2)ccc1OCC(=O)N1CCCCC1. The molecule has 2 heterocycles. The minimum Gasteiger partial charge on any atom is -0.490 e. The maximum atomic E-state index is 12.5. The molecule has 2 aliphatic rings. The first-order chi connectivity index (χ1) is 13.9. The third-order valence-electron chi connectivity index (χ3n) is 5.13. The third kappa shape index (κ3) is 5.85. The van der Waals surface area contributed by atoms with Gasteiger partial charge >= 0.3 is 0 Å². The van der Waals surface area contributed by atoms with Crippen LogP contribution >= 0.6 is 0 Å². The highest BCUT2D eigenvalue weighted by Crippen LogP contribution is 2.29. The first kappa shape index (κ1) is 21.4. The summed E-state index contributed by atoms with van der Waals surface area (Å²) < 4.78 is 34.4. The van der Waals surface area contributed by atoms with Crippen LogP contribution in [0.1, 0.15) is 43.0 Å². The van der Waals surface area contributed by atoms with Gasteiger partial charge in [0.05, 0.1) is 18.1 Å². The summed E-state index contributed by atoms with van der Waals surface area (Å²) in [5.74, 6) is 0.430. The number of ether oxygens (including phenoxy) is 2. The second kappa shape index (κ2) is 9.47. The van der Waals surface area contributed by atoms with E-state index in [1.807, 2.05) is 6.92 Å². The van der Waals surface area contributed by atoms with Crippen molar-refractivity contribution in [1.82, 2.24) is 10.2 Å². The zero-order chi connectivity index (χ0) is 20.9. The Balaban J connectivity index is 1.63. The average molecular weight is 425 g/mol. The van der Waals surface area contributed by atoms with Gasteiger partial charge < -0.3 is 19.7 Å². The van der Waals surface area contributed by atoms with Crippen LogP contribution in [0.3, 0.4) is 0 Å². The Labute approximate surface area is 171 Å². The molecule has 1 N–H and O–H groups in total. The molecule has 1 aromatic carbocycles. The summed E-state index contributed by atoms with van der Waals surface area (Å²) in [6.45, 7) is 3.64. The number of sulfone groups is 1. The molecule has 0 bridgehead atoms. The van der Waals surface area contributed by atoms with Gasteiger partial charge in [0.2, 0.25) is 0 Å². The summed E-state index contributed by atoms with van der Waals surface area (Å²) in [4.78, 5) is 26.6. The molecule has 2 aliphatic heterocycles.